The van der Waals surface area contributed by atoms with Crippen LogP contribution in [0.5, 0.6) is 5.75 Å². The number of halogens is 1. The van der Waals surface area contributed by atoms with Gasteiger partial charge in [-0.15, -0.1) is 0 Å². The third-order valence-corrected chi connectivity index (χ3v) is 5.75. The van der Waals surface area contributed by atoms with Gasteiger partial charge in [-0.05, 0) is 43.3 Å². The van der Waals surface area contributed by atoms with Gasteiger partial charge in [-0.2, -0.15) is 5.10 Å². The van der Waals surface area contributed by atoms with Gasteiger partial charge in [0.2, 0.25) is 11.7 Å². The normalized spacial score (nSPS) is 19.7. The van der Waals surface area contributed by atoms with Crippen LogP contribution in [-0.2, 0) is 0 Å². The van der Waals surface area contributed by atoms with E-state index in [-0.39, 0.29) is 22.4 Å². The number of hydrazone groups is 1. The summed E-state index contributed by atoms with van der Waals surface area (Å²) in [7, 11) is 0. The first-order valence-electron chi connectivity index (χ1n) is 9.97. The summed E-state index contributed by atoms with van der Waals surface area (Å²) in [6.07, 6.45) is 1.18. The molecule has 2 aliphatic rings. The van der Waals surface area contributed by atoms with Crippen molar-refractivity contribution in [1.29, 1.82) is 0 Å². The van der Waals surface area contributed by atoms with Crippen molar-refractivity contribution in [3.63, 3.8) is 0 Å². The Labute approximate surface area is 176 Å². The summed E-state index contributed by atoms with van der Waals surface area (Å²) >= 11 is 0. The van der Waals surface area contributed by atoms with Gasteiger partial charge in [-0.25, -0.2) is 9.40 Å². The maximum Gasteiger partial charge on any atom is 0.220 e. The Morgan fingerprint density at radius 2 is 1.97 bits per heavy atom. The molecule has 2 aliphatic heterocycles. The highest BCUT2D eigenvalue weighted by Crippen LogP contribution is 2.47. The van der Waals surface area contributed by atoms with E-state index in [2.05, 4.69) is 0 Å². The molecule has 4 aromatic rings. The molecule has 4 heterocycles. The van der Waals surface area contributed by atoms with E-state index >= 15 is 0 Å². The Morgan fingerprint density at radius 3 is 2.81 bits per heavy atom. The fraction of sp³-hybridized carbons (Fsp3) is 0.167. The number of ether oxygens (including phenoxy) is 1. The van der Waals surface area contributed by atoms with E-state index in [1.807, 2.05) is 43.3 Å². The molecule has 7 heteroatoms. The lowest BCUT2D eigenvalue weighted by atomic mass is 9.97. The number of nitrogens with zero attached hydrogens (tertiary/aromatic N) is 2. The quantitative estimate of drug-likeness (QED) is 0.456. The first-order valence-corrected chi connectivity index (χ1v) is 9.97. The molecule has 31 heavy (non-hydrogen) atoms. The molecule has 0 amide bonds. The van der Waals surface area contributed by atoms with Crippen molar-refractivity contribution < 1.29 is 18.0 Å². The Hall–Kier alpha value is -3.87. The standard InChI is InChI=1S/C24H17FN2O4/c1-13-6-8-22(30-13)18-11-19-15-4-2-3-5-21(15)31-24(27(19)26-18)17-12-29-20-9-7-14(25)10-16(20)23(17)28/h2-10,12,19,24H,11H2,1H3/t19-,24-/m1/s1. The molecule has 2 aromatic heterocycles. The van der Waals surface area contributed by atoms with Crippen LogP contribution in [0.3, 0.4) is 0 Å². The Kier molecular flexibility index (Phi) is 3.80. The molecular weight excluding hydrogens is 399 g/mol. The number of fused-ring (bicyclic) bond motifs is 4. The lowest BCUT2D eigenvalue weighted by Crippen LogP contribution is -2.36. The third-order valence-electron chi connectivity index (χ3n) is 5.75. The van der Waals surface area contributed by atoms with E-state index in [1.165, 1.54) is 24.5 Å². The number of para-hydroxylation sites is 1. The van der Waals surface area contributed by atoms with E-state index in [0.717, 1.165) is 17.0 Å². The van der Waals surface area contributed by atoms with Gasteiger partial charge in [0.05, 0.1) is 17.0 Å². The zero-order valence-electron chi connectivity index (χ0n) is 16.5. The van der Waals surface area contributed by atoms with Crippen LogP contribution in [0.4, 0.5) is 4.39 Å². The molecule has 0 aliphatic carbocycles. The number of furan rings is 1. The molecule has 0 radical (unpaired) electrons. The van der Waals surface area contributed by atoms with Crippen LogP contribution in [0, 0.1) is 12.7 Å². The average Bonchev–Trinajstić information content (AvgIpc) is 3.41. The van der Waals surface area contributed by atoms with E-state index in [4.69, 9.17) is 18.7 Å². The molecular formula is C24H17FN2O4. The fourth-order valence-electron chi connectivity index (χ4n) is 4.27. The highest BCUT2D eigenvalue weighted by atomic mass is 19.1. The smallest absolute Gasteiger partial charge is 0.220 e. The molecule has 0 saturated carbocycles. The van der Waals surface area contributed by atoms with Gasteiger partial charge in [0.25, 0.3) is 0 Å². The maximum absolute atomic E-state index is 13.8. The molecule has 154 valence electrons. The summed E-state index contributed by atoms with van der Waals surface area (Å²) in [4.78, 5) is 13.2. The second kappa shape index (κ2) is 6.57. The first-order chi connectivity index (χ1) is 15.1. The highest BCUT2D eigenvalue weighted by molar-refractivity contribution is 5.99. The molecule has 0 spiro atoms. The Morgan fingerprint density at radius 1 is 1.10 bits per heavy atom. The van der Waals surface area contributed by atoms with Gasteiger partial charge in [0, 0.05) is 12.0 Å². The van der Waals surface area contributed by atoms with Gasteiger partial charge >= 0.3 is 0 Å². The van der Waals surface area contributed by atoms with Crippen molar-refractivity contribution in [1.82, 2.24) is 5.01 Å². The van der Waals surface area contributed by atoms with Gasteiger partial charge in [0.15, 0.2) is 0 Å². The topological polar surface area (TPSA) is 68.2 Å². The summed E-state index contributed by atoms with van der Waals surface area (Å²) in [5.74, 6) is 1.67. The third kappa shape index (κ3) is 2.77. The van der Waals surface area contributed by atoms with Crippen LogP contribution in [-0.4, -0.2) is 10.7 Å². The van der Waals surface area contributed by atoms with Gasteiger partial charge in [-0.1, -0.05) is 18.2 Å². The summed E-state index contributed by atoms with van der Waals surface area (Å²) in [6.45, 7) is 1.88. The summed E-state index contributed by atoms with van der Waals surface area (Å²) < 4.78 is 31.4. The number of hydrogen-bond donors (Lipinski definition) is 0. The van der Waals surface area contributed by atoms with Gasteiger partial charge < -0.3 is 13.6 Å². The van der Waals surface area contributed by atoms with Crippen LogP contribution >= 0.6 is 0 Å². The molecule has 2 aromatic carbocycles. The predicted octanol–water partition coefficient (Wildman–Crippen LogP) is 5.08. The van der Waals surface area contributed by atoms with Crippen LogP contribution in [0.2, 0.25) is 0 Å². The molecule has 0 fully saturated rings. The second-order valence-corrected chi connectivity index (χ2v) is 7.73. The number of rotatable bonds is 2. The summed E-state index contributed by atoms with van der Waals surface area (Å²) in [5, 5.41) is 6.70. The largest absolute Gasteiger partial charge is 0.464 e. The van der Waals surface area contributed by atoms with Crippen molar-refractivity contribution >= 4 is 16.7 Å². The van der Waals surface area contributed by atoms with Crippen molar-refractivity contribution in [2.75, 3.05) is 0 Å². The van der Waals surface area contributed by atoms with Gasteiger partial charge in [-0.3, -0.25) is 4.79 Å². The Balaban J connectivity index is 1.51. The zero-order chi connectivity index (χ0) is 21.1. The minimum absolute atomic E-state index is 0.127. The Bertz CT molecular complexity index is 1420. The molecule has 6 nitrogen and oxygen atoms in total. The number of hydrogen-bond acceptors (Lipinski definition) is 6. The lowest BCUT2D eigenvalue weighted by Gasteiger charge is -2.37. The lowest BCUT2D eigenvalue weighted by molar-refractivity contribution is -0.0205. The second-order valence-electron chi connectivity index (χ2n) is 7.73. The highest BCUT2D eigenvalue weighted by Gasteiger charge is 2.42. The summed E-state index contributed by atoms with van der Waals surface area (Å²) in [5.41, 5.74) is 2.00. The number of aryl methyl sites for hydroxylation is 1. The van der Waals surface area contributed by atoms with Crippen molar-refractivity contribution in [2.45, 2.75) is 25.6 Å². The minimum Gasteiger partial charge on any atom is -0.464 e. The van der Waals surface area contributed by atoms with Gasteiger partial charge in [0.1, 0.15) is 40.6 Å². The fourth-order valence-corrected chi connectivity index (χ4v) is 4.27. The van der Waals surface area contributed by atoms with Crippen LogP contribution in [0.25, 0.3) is 11.0 Å². The van der Waals surface area contributed by atoms with Crippen molar-refractivity contribution in [3.05, 3.63) is 99.5 Å². The minimum atomic E-state index is -0.808. The van der Waals surface area contributed by atoms with Crippen molar-refractivity contribution in [2.24, 2.45) is 5.10 Å². The molecule has 0 unspecified atom stereocenters. The molecule has 0 saturated heterocycles. The van der Waals surface area contributed by atoms with E-state index in [9.17, 15) is 9.18 Å². The summed E-state index contributed by atoms with van der Waals surface area (Å²) in [6, 6.07) is 15.2. The molecule has 0 bridgehead atoms. The molecule has 0 N–H and O–H groups in total. The SMILES string of the molecule is Cc1ccc(C2=NN3[C@H](C2)c2ccccc2O[C@@H]3c2coc3ccc(F)cc3c2=O)o1. The molecule has 6 rings (SSSR count). The predicted molar refractivity (Wildman–Crippen MR) is 111 cm³/mol. The van der Waals surface area contributed by atoms with Crippen LogP contribution in [0.15, 0.2) is 79.6 Å². The number of benzene rings is 2. The van der Waals surface area contributed by atoms with Crippen LogP contribution < -0.4 is 10.2 Å². The average molecular weight is 416 g/mol. The van der Waals surface area contributed by atoms with E-state index < -0.39 is 12.0 Å². The monoisotopic (exact) mass is 416 g/mol. The molecule has 2 atom stereocenters. The maximum atomic E-state index is 13.8. The van der Waals surface area contributed by atoms with Crippen LogP contribution in [0.1, 0.15) is 41.3 Å². The van der Waals surface area contributed by atoms with E-state index in [0.29, 0.717) is 23.5 Å². The van der Waals surface area contributed by atoms with Crippen molar-refractivity contribution in [3.8, 4) is 5.75 Å². The first kappa shape index (κ1) is 17.9. The van der Waals surface area contributed by atoms with E-state index in [1.54, 1.807) is 5.01 Å². The zero-order valence-corrected chi connectivity index (χ0v) is 16.5.